The smallest absolute Gasteiger partial charge is 0.246 e. The normalized spacial score (nSPS) is 22.0. The number of para-hydroxylation sites is 1. The summed E-state index contributed by atoms with van der Waals surface area (Å²) in [5.41, 5.74) is 1.12. The Balaban J connectivity index is 1.76. The van der Waals surface area contributed by atoms with Gasteiger partial charge in [-0.1, -0.05) is 24.8 Å². The Morgan fingerprint density at radius 1 is 1.43 bits per heavy atom. The van der Waals surface area contributed by atoms with Gasteiger partial charge in [0, 0.05) is 25.8 Å². The van der Waals surface area contributed by atoms with E-state index in [1.54, 1.807) is 11.9 Å². The number of hydrogen-bond acceptors (Lipinski definition) is 3. The van der Waals surface area contributed by atoms with E-state index in [4.69, 9.17) is 0 Å². The number of rotatable bonds is 3. The van der Waals surface area contributed by atoms with E-state index in [-0.39, 0.29) is 24.3 Å². The summed E-state index contributed by atoms with van der Waals surface area (Å²) >= 11 is 0. The largest absolute Gasteiger partial charge is 0.340 e. The van der Waals surface area contributed by atoms with Crippen LogP contribution in [0.15, 0.2) is 36.9 Å². The second-order valence-corrected chi connectivity index (χ2v) is 6.05. The molecule has 1 atom stereocenters. The van der Waals surface area contributed by atoms with Gasteiger partial charge in [0.2, 0.25) is 17.7 Å². The van der Waals surface area contributed by atoms with Crippen molar-refractivity contribution in [2.75, 3.05) is 32.0 Å². The fourth-order valence-electron chi connectivity index (χ4n) is 3.34. The molecule has 1 aromatic carbocycles. The van der Waals surface area contributed by atoms with Gasteiger partial charge in [0.25, 0.3) is 0 Å². The van der Waals surface area contributed by atoms with E-state index in [0.29, 0.717) is 19.5 Å². The molecule has 6 nitrogen and oxygen atoms in total. The number of likely N-dealkylation sites (N-methyl/N-ethyl adjacent to an activating group) is 1. The fourth-order valence-corrected chi connectivity index (χ4v) is 3.34. The Bertz CT molecular complexity index is 700. The lowest BCUT2D eigenvalue weighted by Gasteiger charge is -2.24. The van der Waals surface area contributed by atoms with Crippen molar-refractivity contribution in [3.63, 3.8) is 0 Å². The summed E-state index contributed by atoms with van der Waals surface area (Å²) in [6.07, 6.45) is 1.78. The van der Waals surface area contributed by atoms with Crippen LogP contribution >= 0.6 is 0 Å². The number of carbonyl (C=O) groups is 3. The maximum atomic E-state index is 12.5. The summed E-state index contributed by atoms with van der Waals surface area (Å²) in [5, 5.41) is 2.90. The van der Waals surface area contributed by atoms with Gasteiger partial charge in [-0.3, -0.25) is 14.4 Å². The molecule has 1 aromatic rings. The minimum Gasteiger partial charge on any atom is -0.340 e. The number of amides is 3. The third-order valence-electron chi connectivity index (χ3n) is 4.67. The molecule has 1 unspecified atom stereocenters. The van der Waals surface area contributed by atoms with Crippen LogP contribution in [0.2, 0.25) is 0 Å². The summed E-state index contributed by atoms with van der Waals surface area (Å²) in [6, 6.07) is 7.60. The minimum absolute atomic E-state index is 0.00972. The summed E-state index contributed by atoms with van der Waals surface area (Å²) < 4.78 is 0. The molecule has 0 aliphatic carbocycles. The molecule has 0 saturated carbocycles. The van der Waals surface area contributed by atoms with Gasteiger partial charge < -0.3 is 15.1 Å². The average Bonchev–Trinajstić information content (AvgIpc) is 3.11. The third kappa shape index (κ3) is 2.40. The van der Waals surface area contributed by atoms with Crippen molar-refractivity contribution in [2.24, 2.45) is 0 Å². The lowest BCUT2D eigenvalue weighted by atomic mass is 9.81. The molecule has 2 heterocycles. The molecule has 1 fully saturated rings. The number of carbonyl (C=O) groups excluding carboxylic acids is 3. The zero-order valence-electron chi connectivity index (χ0n) is 13.0. The average molecular weight is 313 g/mol. The number of fused-ring (bicyclic) bond motifs is 2. The molecule has 3 rings (SSSR count). The van der Waals surface area contributed by atoms with Crippen LogP contribution in [-0.2, 0) is 19.8 Å². The first kappa shape index (κ1) is 15.3. The number of nitrogens with zero attached hydrogens (tertiary/aromatic N) is 2. The highest BCUT2D eigenvalue weighted by Crippen LogP contribution is 2.43. The van der Waals surface area contributed by atoms with Crippen LogP contribution in [0.5, 0.6) is 0 Å². The number of hydrogen-bond donors (Lipinski definition) is 1. The molecule has 2 aliphatic heterocycles. The molecule has 3 amide bonds. The van der Waals surface area contributed by atoms with Crippen molar-refractivity contribution >= 4 is 23.4 Å². The number of anilines is 1. The van der Waals surface area contributed by atoms with Gasteiger partial charge in [0.05, 0.1) is 12.0 Å². The molecule has 1 saturated heterocycles. The first-order valence-corrected chi connectivity index (χ1v) is 7.54. The fraction of sp³-hybridized carbons (Fsp3) is 0.353. The highest BCUT2D eigenvalue weighted by Gasteiger charge is 2.51. The Labute approximate surface area is 134 Å². The van der Waals surface area contributed by atoms with Crippen LogP contribution in [0.1, 0.15) is 12.0 Å². The zero-order valence-corrected chi connectivity index (χ0v) is 13.0. The molecule has 1 spiro atoms. The summed E-state index contributed by atoms with van der Waals surface area (Å²) in [6.45, 7) is 4.26. The highest BCUT2D eigenvalue weighted by molar-refractivity contribution is 6.07. The maximum Gasteiger partial charge on any atom is 0.246 e. The predicted octanol–water partition coefficient (Wildman–Crippen LogP) is 0.753. The van der Waals surface area contributed by atoms with Crippen molar-refractivity contribution in [3.05, 3.63) is 42.5 Å². The maximum absolute atomic E-state index is 12.5. The number of benzene rings is 1. The van der Waals surface area contributed by atoms with Gasteiger partial charge in [-0.25, -0.2) is 0 Å². The first-order valence-electron chi connectivity index (χ1n) is 7.54. The Kier molecular flexibility index (Phi) is 3.67. The van der Waals surface area contributed by atoms with Gasteiger partial charge >= 0.3 is 0 Å². The van der Waals surface area contributed by atoms with Crippen LogP contribution < -0.4 is 5.32 Å². The summed E-state index contributed by atoms with van der Waals surface area (Å²) in [7, 11) is 1.56. The van der Waals surface area contributed by atoms with E-state index in [9.17, 15) is 14.4 Å². The van der Waals surface area contributed by atoms with E-state index in [1.165, 1.54) is 11.0 Å². The lowest BCUT2D eigenvalue weighted by molar-refractivity contribution is -0.136. The second-order valence-electron chi connectivity index (χ2n) is 6.05. The number of likely N-dealkylation sites (tertiary alicyclic amines) is 1. The topological polar surface area (TPSA) is 69.7 Å². The van der Waals surface area contributed by atoms with Crippen LogP contribution in [0.3, 0.4) is 0 Å². The first-order chi connectivity index (χ1) is 11.0. The highest BCUT2D eigenvalue weighted by atomic mass is 16.2. The quantitative estimate of drug-likeness (QED) is 0.837. The third-order valence-corrected chi connectivity index (χ3v) is 4.67. The van der Waals surface area contributed by atoms with Crippen molar-refractivity contribution in [1.82, 2.24) is 9.80 Å². The molecule has 0 radical (unpaired) electrons. The van der Waals surface area contributed by atoms with Gasteiger partial charge in [-0.2, -0.15) is 0 Å². The van der Waals surface area contributed by atoms with Crippen molar-refractivity contribution in [2.45, 2.75) is 11.8 Å². The zero-order chi connectivity index (χ0) is 16.6. The number of nitrogens with one attached hydrogen (secondary N) is 1. The van der Waals surface area contributed by atoms with Gasteiger partial charge in [-0.15, -0.1) is 0 Å². The molecule has 2 aliphatic rings. The molecule has 120 valence electrons. The molecule has 0 aromatic heterocycles. The molecule has 0 bridgehead atoms. The van der Waals surface area contributed by atoms with Crippen molar-refractivity contribution in [1.29, 1.82) is 0 Å². The Morgan fingerprint density at radius 3 is 2.91 bits per heavy atom. The Hall–Kier alpha value is -2.63. The summed E-state index contributed by atoms with van der Waals surface area (Å²) in [5.74, 6) is -0.502. The van der Waals surface area contributed by atoms with Gasteiger partial charge in [0.15, 0.2) is 0 Å². The minimum atomic E-state index is -0.659. The van der Waals surface area contributed by atoms with Crippen molar-refractivity contribution in [3.8, 4) is 0 Å². The van der Waals surface area contributed by atoms with Crippen LogP contribution in [0.4, 0.5) is 5.69 Å². The van der Waals surface area contributed by atoms with E-state index in [2.05, 4.69) is 11.9 Å². The van der Waals surface area contributed by atoms with Gasteiger partial charge in [0.1, 0.15) is 0 Å². The van der Waals surface area contributed by atoms with E-state index >= 15 is 0 Å². The van der Waals surface area contributed by atoms with Crippen molar-refractivity contribution < 1.29 is 14.4 Å². The van der Waals surface area contributed by atoms with Gasteiger partial charge in [-0.05, 0) is 24.1 Å². The second kappa shape index (κ2) is 5.53. The molecular weight excluding hydrogens is 294 g/mol. The van der Waals surface area contributed by atoms with Crippen LogP contribution in [-0.4, -0.2) is 54.2 Å². The van der Waals surface area contributed by atoms with Crippen LogP contribution in [0.25, 0.3) is 0 Å². The van der Waals surface area contributed by atoms with E-state index < -0.39 is 5.41 Å². The molecule has 6 heteroatoms. The monoisotopic (exact) mass is 313 g/mol. The Morgan fingerprint density at radius 2 is 2.17 bits per heavy atom. The predicted molar refractivity (Wildman–Crippen MR) is 85.8 cm³/mol. The van der Waals surface area contributed by atoms with Crippen LogP contribution in [0, 0.1) is 0 Å². The molecular formula is C17H19N3O3. The lowest BCUT2D eigenvalue weighted by Crippen LogP contribution is -2.43. The molecule has 23 heavy (non-hydrogen) atoms. The standard InChI is InChI=1S/C17H19N3O3/c1-3-14(21)19(2)10-15(22)20-9-8-17(11-20)12-6-4-5-7-13(12)18-16(17)23/h3-7H,1,8-11H2,2H3,(H,18,23). The molecule has 1 N–H and O–H groups in total. The van der Waals surface area contributed by atoms with E-state index in [0.717, 1.165) is 11.3 Å². The van der Waals surface area contributed by atoms with E-state index in [1.807, 2.05) is 24.3 Å². The summed E-state index contributed by atoms with van der Waals surface area (Å²) in [4.78, 5) is 39.4. The SMILES string of the molecule is C=CC(=O)N(C)CC(=O)N1CCC2(C1)C(=O)Nc1ccccc12.